The minimum atomic E-state index is -0.918. The second-order valence-electron chi connectivity index (χ2n) is 5.68. The number of aliphatic carboxylic acids is 1. The molecular weight excluding hydrogens is 278 g/mol. The van der Waals surface area contributed by atoms with Crippen molar-refractivity contribution in [1.82, 2.24) is 4.90 Å². The van der Waals surface area contributed by atoms with Gasteiger partial charge in [-0.15, -0.1) is 0 Å². The van der Waals surface area contributed by atoms with Crippen molar-refractivity contribution < 1.29 is 14.7 Å². The molecule has 0 aromatic heterocycles. The Morgan fingerprint density at radius 3 is 2.45 bits per heavy atom. The summed E-state index contributed by atoms with van der Waals surface area (Å²) in [6.07, 6.45) is 0. The number of likely N-dealkylation sites (N-methyl/N-ethyl adjacent to an activating group) is 1. The molecule has 0 aliphatic carbocycles. The summed E-state index contributed by atoms with van der Waals surface area (Å²) < 4.78 is 0. The number of fused-ring (bicyclic) bond motifs is 1. The molecule has 2 aromatic carbocycles. The fraction of sp³-hybridized carbons (Fsp3) is 0.222. The molecule has 1 aliphatic heterocycles. The van der Waals surface area contributed by atoms with Gasteiger partial charge < -0.3 is 10.0 Å². The van der Waals surface area contributed by atoms with Gasteiger partial charge in [-0.05, 0) is 24.1 Å². The van der Waals surface area contributed by atoms with Crippen LogP contribution in [0.1, 0.15) is 39.0 Å². The predicted molar refractivity (Wildman–Crippen MR) is 82.8 cm³/mol. The third-order valence-corrected chi connectivity index (χ3v) is 4.23. The summed E-state index contributed by atoms with van der Waals surface area (Å²) in [5.41, 5.74) is 2.86. The molecule has 2 atom stereocenters. The number of amides is 1. The van der Waals surface area contributed by atoms with E-state index in [1.807, 2.05) is 43.3 Å². The molecule has 1 aliphatic rings. The van der Waals surface area contributed by atoms with Gasteiger partial charge in [0.2, 0.25) is 0 Å². The van der Waals surface area contributed by atoms with Gasteiger partial charge in [0.1, 0.15) is 5.92 Å². The SMILES string of the molecule is Cc1ccc2c(c1)C(=O)N(C)[C@@H](c1ccccc1)[C@@H]2C(=O)O. The van der Waals surface area contributed by atoms with Crippen molar-refractivity contribution in [3.63, 3.8) is 0 Å². The molecule has 0 bridgehead atoms. The first-order valence-electron chi connectivity index (χ1n) is 7.16. The van der Waals surface area contributed by atoms with E-state index in [0.29, 0.717) is 11.1 Å². The maximum Gasteiger partial charge on any atom is 0.313 e. The number of rotatable bonds is 2. The minimum absolute atomic E-state index is 0.134. The van der Waals surface area contributed by atoms with Crippen molar-refractivity contribution in [3.8, 4) is 0 Å². The highest BCUT2D eigenvalue weighted by atomic mass is 16.4. The summed E-state index contributed by atoms with van der Waals surface area (Å²) in [6.45, 7) is 1.90. The average molecular weight is 295 g/mol. The molecule has 0 fully saturated rings. The van der Waals surface area contributed by atoms with Crippen molar-refractivity contribution in [3.05, 3.63) is 70.8 Å². The summed E-state index contributed by atoms with van der Waals surface area (Å²) in [5.74, 6) is -1.82. The van der Waals surface area contributed by atoms with E-state index in [2.05, 4.69) is 0 Å². The van der Waals surface area contributed by atoms with Gasteiger partial charge in [-0.1, -0.05) is 48.0 Å². The van der Waals surface area contributed by atoms with Crippen LogP contribution < -0.4 is 0 Å². The molecule has 1 amide bonds. The van der Waals surface area contributed by atoms with Crippen LogP contribution in [0, 0.1) is 6.92 Å². The summed E-state index contributed by atoms with van der Waals surface area (Å²) in [7, 11) is 1.67. The van der Waals surface area contributed by atoms with Gasteiger partial charge >= 0.3 is 5.97 Å². The van der Waals surface area contributed by atoms with E-state index in [0.717, 1.165) is 11.1 Å². The maximum absolute atomic E-state index is 12.7. The van der Waals surface area contributed by atoms with Crippen LogP contribution in [0.4, 0.5) is 0 Å². The van der Waals surface area contributed by atoms with Crippen molar-refractivity contribution in [1.29, 1.82) is 0 Å². The molecule has 0 saturated carbocycles. The Balaban J connectivity index is 2.21. The predicted octanol–water partition coefficient (Wildman–Crippen LogP) is 2.99. The quantitative estimate of drug-likeness (QED) is 0.926. The Kier molecular flexibility index (Phi) is 3.45. The molecule has 0 spiro atoms. The fourth-order valence-corrected chi connectivity index (χ4v) is 3.17. The summed E-state index contributed by atoms with van der Waals surface area (Å²) in [5, 5.41) is 9.75. The lowest BCUT2D eigenvalue weighted by molar-refractivity contribution is -0.140. The number of carbonyl (C=O) groups excluding carboxylic acids is 1. The van der Waals surface area contributed by atoms with Crippen LogP contribution in [-0.4, -0.2) is 28.9 Å². The Hall–Kier alpha value is -2.62. The highest BCUT2D eigenvalue weighted by molar-refractivity contribution is 6.00. The highest BCUT2D eigenvalue weighted by Crippen LogP contribution is 2.42. The molecule has 112 valence electrons. The normalized spacial score (nSPS) is 20.6. The number of nitrogens with zero attached hydrogens (tertiary/aromatic N) is 1. The summed E-state index contributed by atoms with van der Waals surface area (Å²) in [6, 6.07) is 14.2. The first kappa shape index (κ1) is 14.3. The van der Waals surface area contributed by atoms with Gasteiger partial charge in [0, 0.05) is 12.6 Å². The topological polar surface area (TPSA) is 57.6 Å². The second kappa shape index (κ2) is 5.30. The van der Waals surface area contributed by atoms with Crippen molar-refractivity contribution >= 4 is 11.9 Å². The van der Waals surface area contributed by atoms with Crippen LogP contribution in [0.2, 0.25) is 0 Å². The zero-order valence-corrected chi connectivity index (χ0v) is 12.5. The third kappa shape index (κ3) is 2.17. The van der Waals surface area contributed by atoms with Crippen LogP contribution in [-0.2, 0) is 4.79 Å². The number of aryl methyl sites for hydroxylation is 1. The molecule has 0 saturated heterocycles. The lowest BCUT2D eigenvalue weighted by Crippen LogP contribution is -2.42. The van der Waals surface area contributed by atoms with E-state index in [1.165, 1.54) is 4.90 Å². The fourth-order valence-electron chi connectivity index (χ4n) is 3.17. The molecular formula is C18H17NO3. The van der Waals surface area contributed by atoms with Crippen molar-refractivity contribution in [2.45, 2.75) is 18.9 Å². The molecule has 1 heterocycles. The first-order valence-corrected chi connectivity index (χ1v) is 7.16. The van der Waals surface area contributed by atoms with Crippen LogP contribution >= 0.6 is 0 Å². The van der Waals surface area contributed by atoms with E-state index < -0.39 is 17.9 Å². The van der Waals surface area contributed by atoms with Gasteiger partial charge in [0.25, 0.3) is 5.91 Å². The van der Waals surface area contributed by atoms with E-state index in [1.54, 1.807) is 19.2 Å². The number of carboxylic acid groups (broad SMARTS) is 1. The molecule has 4 heteroatoms. The van der Waals surface area contributed by atoms with Gasteiger partial charge in [-0.25, -0.2) is 0 Å². The number of benzene rings is 2. The highest BCUT2D eigenvalue weighted by Gasteiger charge is 2.42. The lowest BCUT2D eigenvalue weighted by Gasteiger charge is -2.38. The van der Waals surface area contributed by atoms with Crippen LogP contribution in [0.3, 0.4) is 0 Å². The van der Waals surface area contributed by atoms with Crippen molar-refractivity contribution in [2.75, 3.05) is 7.05 Å². The lowest BCUT2D eigenvalue weighted by atomic mass is 9.79. The second-order valence-corrected chi connectivity index (χ2v) is 5.68. The average Bonchev–Trinajstić information content (AvgIpc) is 2.51. The Morgan fingerprint density at radius 2 is 1.82 bits per heavy atom. The van der Waals surface area contributed by atoms with Gasteiger partial charge in [-0.3, -0.25) is 9.59 Å². The van der Waals surface area contributed by atoms with Crippen LogP contribution in [0.15, 0.2) is 48.5 Å². The number of hydrogen-bond donors (Lipinski definition) is 1. The van der Waals surface area contributed by atoms with E-state index in [-0.39, 0.29) is 5.91 Å². The number of carboxylic acids is 1. The smallest absolute Gasteiger partial charge is 0.313 e. The Labute approximate surface area is 129 Å². The van der Waals surface area contributed by atoms with Crippen LogP contribution in [0.5, 0.6) is 0 Å². The summed E-state index contributed by atoms with van der Waals surface area (Å²) in [4.78, 5) is 26.1. The van der Waals surface area contributed by atoms with Crippen LogP contribution in [0.25, 0.3) is 0 Å². The standard InChI is InChI=1S/C18H17NO3/c1-11-8-9-13-14(10-11)17(20)19(2)16(15(13)18(21)22)12-6-4-3-5-7-12/h3-10,15-16H,1-2H3,(H,21,22)/t15-,16+/m1/s1. The van der Waals surface area contributed by atoms with E-state index in [9.17, 15) is 14.7 Å². The molecule has 0 unspecified atom stereocenters. The third-order valence-electron chi connectivity index (χ3n) is 4.23. The summed E-state index contributed by atoms with van der Waals surface area (Å²) >= 11 is 0. The van der Waals surface area contributed by atoms with E-state index in [4.69, 9.17) is 0 Å². The monoisotopic (exact) mass is 295 g/mol. The van der Waals surface area contributed by atoms with E-state index >= 15 is 0 Å². The number of carbonyl (C=O) groups is 2. The maximum atomic E-state index is 12.7. The molecule has 0 radical (unpaired) electrons. The zero-order valence-electron chi connectivity index (χ0n) is 12.5. The largest absolute Gasteiger partial charge is 0.481 e. The minimum Gasteiger partial charge on any atom is -0.481 e. The molecule has 3 rings (SSSR count). The van der Waals surface area contributed by atoms with Gasteiger partial charge in [0.05, 0.1) is 6.04 Å². The van der Waals surface area contributed by atoms with Gasteiger partial charge in [-0.2, -0.15) is 0 Å². The number of hydrogen-bond acceptors (Lipinski definition) is 2. The van der Waals surface area contributed by atoms with Crippen molar-refractivity contribution in [2.24, 2.45) is 0 Å². The molecule has 1 N–H and O–H groups in total. The molecule has 22 heavy (non-hydrogen) atoms. The first-order chi connectivity index (χ1) is 10.5. The Morgan fingerprint density at radius 1 is 1.14 bits per heavy atom. The molecule has 2 aromatic rings. The Bertz CT molecular complexity index is 739. The molecule has 4 nitrogen and oxygen atoms in total. The zero-order chi connectivity index (χ0) is 15.9. The van der Waals surface area contributed by atoms with Gasteiger partial charge in [0.15, 0.2) is 0 Å².